The van der Waals surface area contributed by atoms with E-state index in [-0.39, 0.29) is 12.0 Å². The third kappa shape index (κ3) is 4.20. The number of ether oxygens (including phenoxy) is 2. The molecule has 6 heteroatoms. The number of hydrogen-bond acceptors (Lipinski definition) is 5. The Kier molecular flexibility index (Phi) is 5.69. The summed E-state index contributed by atoms with van der Waals surface area (Å²) in [6.07, 6.45) is 4.45. The first-order valence-electron chi connectivity index (χ1n) is 10.8. The zero-order valence-corrected chi connectivity index (χ0v) is 17.8. The minimum atomic E-state index is 0.0893. The van der Waals surface area contributed by atoms with Crippen molar-refractivity contribution in [3.05, 3.63) is 59.1 Å². The number of benzene rings is 2. The van der Waals surface area contributed by atoms with Gasteiger partial charge in [0.15, 0.2) is 0 Å². The van der Waals surface area contributed by atoms with Crippen LogP contribution >= 0.6 is 11.3 Å². The summed E-state index contributed by atoms with van der Waals surface area (Å²) in [4.78, 5) is 19.9. The Bertz CT molecular complexity index is 978. The maximum atomic E-state index is 13.1. The minimum Gasteiger partial charge on any atom is -0.491 e. The molecule has 2 aliphatic heterocycles. The van der Waals surface area contributed by atoms with Crippen LogP contribution < -0.4 is 4.74 Å². The lowest BCUT2D eigenvalue weighted by Gasteiger charge is -2.32. The third-order valence-electron chi connectivity index (χ3n) is 5.93. The summed E-state index contributed by atoms with van der Waals surface area (Å²) in [5, 5.41) is 1.14. The van der Waals surface area contributed by atoms with Gasteiger partial charge in [-0.05, 0) is 62.1 Å². The van der Waals surface area contributed by atoms with Gasteiger partial charge in [-0.2, -0.15) is 0 Å². The summed E-state index contributed by atoms with van der Waals surface area (Å²) in [5.41, 5.74) is 1.77. The van der Waals surface area contributed by atoms with Crippen LogP contribution in [0.1, 0.15) is 47.0 Å². The molecule has 0 N–H and O–H groups in total. The number of likely N-dealkylation sites (tertiary alicyclic amines) is 1. The van der Waals surface area contributed by atoms with Crippen molar-refractivity contribution >= 4 is 27.5 Å². The summed E-state index contributed by atoms with van der Waals surface area (Å²) >= 11 is 1.76. The lowest BCUT2D eigenvalue weighted by molar-refractivity contribution is 0.0677. The lowest BCUT2D eigenvalue weighted by atomic mass is 9.98. The van der Waals surface area contributed by atoms with Crippen molar-refractivity contribution in [2.45, 2.75) is 37.7 Å². The first-order valence-corrected chi connectivity index (χ1v) is 11.6. The monoisotopic (exact) mass is 422 g/mol. The van der Waals surface area contributed by atoms with Gasteiger partial charge in [-0.15, -0.1) is 11.3 Å². The number of piperidine rings is 1. The highest BCUT2D eigenvalue weighted by Gasteiger charge is 2.27. The van der Waals surface area contributed by atoms with Gasteiger partial charge >= 0.3 is 0 Å². The minimum absolute atomic E-state index is 0.0893. The van der Waals surface area contributed by atoms with E-state index in [9.17, 15) is 4.79 Å². The van der Waals surface area contributed by atoms with Gasteiger partial charge in [-0.1, -0.05) is 12.1 Å². The molecular formula is C24H26N2O3S. The summed E-state index contributed by atoms with van der Waals surface area (Å²) in [5.74, 6) is 1.19. The molecule has 30 heavy (non-hydrogen) atoms. The molecule has 0 bridgehead atoms. The fourth-order valence-corrected chi connectivity index (χ4v) is 5.36. The van der Waals surface area contributed by atoms with Crippen LogP contribution in [-0.4, -0.2) is 48.2 Å². The van der Waals surface area contributed by atoms with Gasteiger partial charge in [-0.3, -0.25) is 4.79 Å². The van der Waals surface area contributed by atoms with Crippen LogP contribution in [0, 0.1) is 0 Å². The van der Waals surface area contributed by atoms with E-state index in [1.807, 2.05) is 35.2 Å². The standard InChI is InChI=1S/C24H26N2O3S/c27-24(17-9-11-19(12-10-17)29-16-20-6-4-14-28-20)26-13-3-5-18(15-26)23-25-21-7-1-2-8-22(21)30-23/h1-2,7-12,18,20H,3-6,13-16H2/t18-,20+/m1/s1. The molecule has 0 radical (unpaired) electrons. The summed E-state index contributed by atoms with van der Waals surface area (Å²) in [7, 11) is 0. The van der Waals surface area contributed by atoms with E-state index < -0.39 is 0 Å². The quantitative estimate of drug-likeness (QED) is 0.588. The molecule has 2 aromatic carbocycles. The molecule has 2 saturated heterocycles. The van der Waals surface area contributed by atoms with Crippen molar-refractivity contribution in [2.24, 2.45) is 0 Å². The molecule has 2 atom stereocenters. The molecule has 5 nitrogen and oxygen atoms in total. The lowest BCUT2D eigenvalue weighted by Crippen LogP contribution is -2.39. The smallest absolute Gasteiger partial charge is 0.253 e. The topological polar surface area (TPSA) is 51.7 Å². The highest BCUT2D eigenvalue weighted by Crippen LogP contribution is 2.33. The van der Waals surface area contributed by atoms with Gasteiger partial charge in [0, 0.05) is 31.2 Å². The van der Waals surface area contributed by atoms with Crippen molar-refractivity contribution < 1.29 is 14.3 Å². The number of rotatable bonds is 5. The normalized spacial score (nSPS) is 21.8. The Morgan fingerprint density at radius 1 is 1.13 bits per heavy atom. The van der Waals surface area contributed by atoms with Gasteiger partial charge in [0.1, 0.15) is 12.4 Å². The predicted octanol–water partition coefficient (Wildman–Crippen LogP) is 4.87. The number of carbonyl (C=O) groups excluding carboxylic acids is 1. The zero-order chi connectivity index (χ0) is 20.3. The third-order valence-corrected chi connectivity index (χ3v) is 7.13. The molecule has 2 aliphatic rings. The Morgan fingerprint density at radius 2 is 2.00 bits per heavy atom. The van der Waals surface area contributed by atoms with Gasteiger partial charge in [-0.25, -0.2) is 4.98 Å². The van der Waals surface area contributed by atoms with E-state index in [0.29, 0.717) is 18.1 Å². The average molecular weight is 423 g/mol. The second-order valence-corrected chi connectivity index (χ2v) is 9.14. The molecule has 5 rings (SSSR count). The Hall–Kier alpha value is -2.44. The van der Waals surface area contributed by atoms with Crippen molar-refractivity contribution in [1.29, 1.82) is 0 Å². The number of thiazole rings is 1. The molecule has 0 unspecified atom stereocenters. The Balaban J connectivity index is 1.22. The van der Waals surface area contributed by atoms with Crippen LogP contribution in [0.25, 0.3) is 10.2 Å². The van der Waals surface area contributed by atoms with E-state index in [2.05, 4.69) is 18.2 Å². The van der Waals surface area contributed by atoms with Crippen LogP contribution in [0.5, 0.6) is 5.75 Å². The molecule has 3 heterocycles. The maximum absolute atomic E-state index is 13.1. The number of carbonyl (C=O) groups is 1. The molecule has 0 aliphatic carbocycles. The second-order valence-electron chi connectivity index (χ2n) is 8.08. The number of hydrogen-bond donors (Lipinski definition) is 0. The van der Waals surface area contributed by atoms with E-state index in [4.69, 9.17) is 14.5 Å². The van der Waals surface area contributed by atoms with Gasteiger partial charge < -0.3 is 14.4 Å². The van der Waals surface area contributed by atoms with Gasteiger partial charge in [0.2, 0.25) is 0 Å². The zero-order valence-electron chi connectivity index (χ0n) is 17.0. The molecule has 156 valence electrons. The van der Waals surface area contributed by atoms with Crippen molar-refractivity contribution in [3.63, 3.8) is 0 Å². The van der Waals surface area contributed by atoms with Crippen LogP contribution in [0.2, 0.25) is 0 Å². The number of nitrogens with zero attached hydrogens (tertiary/aromatic N) is 2. The van der Waals surface area contributed by atoms with Crippen LogP contribution in [0.15, 0.2) is 48.5 Å². The number of fused-ring (bicyclic) bond motifs is 1. The molecule has 0 spiro atoms. The van der Waals surface area contributed by atoms with Crippen molar-refractivity contribution in [1.82, 2.24) is 9.88 Å². The summed E-state index contributed by atoms with van der Waals surface area (Å²) in [6.45, 7) is 2.94. The SMILES string of the molecule is O=C(c1ccc(OC[C@@H]2CCCO2)cc1)N1CCC[C@@H](c2nc3ccccc3s2)C1. The predicted molar refractivity (Wildman–Crippen MR) is 118 cm³/mol. The van der Waals surface area contributed by atoms with E-state index in [1.165, 1.54) is 4.70 Å². The first kappa shape index (κ1) is 19.5. The first-order chi connectivity index (χ1) is 14.8. The van der Waals surface area contributed by atoms with Crippen LogP contribution in [-0.2, 0) is 4.74 Å². The van der Waals surface area contributed by atoms with E-state index in [0.717, 1.165) is 61.7 Å². The molecular weight excluding hydrogens is 396 g/mol. The highest BCUT2D eigenvalue weighted by molar-refractivity contribution is 7.18. The van der Waals surface area contributed by atoms with Gasteiger partial charge in [0.25, 0.3) is 5.91 Å². The second kappa shape index (κ2) is 8.74. The average Bonchev–Trinajstić information content (AvgIpc) is 3.47. The molecule has 1 amide bonds. The fraction of sp³-hybridized carbons (Fsp3) is 0.417. The van der Waals surface area contributed by atoms with Crippen molar-refractivity contribution in [2.75, 3.05) is 26.3 Å². The Labute approximate surface area is 180 Å². The molecule has 1 aromatic heterocycles. The maximum Gasteiger partial charge on any atom is 0.253 e. The van der Waals surface area contributed by atoms with Gasteiger partial charge in [0.05, 0.1) is 21.3 Å². The van der Waals surface area contributed by atoms with E-state index >= 15 is 0 Å². The molecule has 3 aromatic rings. The van der Waals surface area contributed by atoms with Crippen molar-refractivity contribution in [3.8, 4) is 5.75 Å². The largest absolute Gasteiger partial charge is 0.491 e. The highest BCUT2D eigenvalue weighted by atomic mass is 32.1. The number of amides is 1. The van der Waals surface area contributed by atoms with Crippen LogP contribution in [0.3, 0.4) is 0 Å². The summed E-state index contributed by atoms with van der Waals surface area (Å²) in [6, 6.07) is 15.8. The van der Waals surface area contributed by atoms with E-state index in [1.54, 1.807) is 11.3 Å². The summed E-state index contributed by atoms with van der Waals surface area (Å²) < 4.78 is 12.6. The number of aromatic nitrogens is 1. The fourth-order valence-electron chi connectivity index (χ4n) is 4.27. The molecule has 2 fully saturated rings. The Morgan fingerprint density at radius 3 is 2.80 bits per heavy atom. The molecule has 0 saturated carbocycles. The van der Waals surface area contributed by atoms with Crippen LogP contribution in [0.4, 0.5) is 0 Å². The number of para-hydroxylation sites is 1.